The summed E-state index contributed by atoms with van der Waals surface area (Å²) < 4.78 is 12.5. The normalized spacial score (nSPS) is 13.5. The topological polar surface area (TPSA) is 56.9 Å². The van der Waals surface area contributed by atoms with Gasteiger partial charge in [0.25, 0.3) is 11.0 Å². The van der Waals surface area contributed by atoms with Gasteiger partial charge in [-0.15, -0.1) is 0 Å². The SMILES string of the molecule is [O-][N+]1=c2cc3c(cc2Oc2ccccc21)=Nc1ccc(Cl)cc1O3. The molecule has 0 unspecified atom stereocenters. The summed E-state index contributed by atoms with van der Waals surface area (Å²) in [7, 11) is 0. The number of para-hydroxylation sites is 2. The molecule has 3 aromatic carbocycles. The average Bonchev–Trinajstić information content (AvgIpc) is 2.59. The Morgan fingerprint density at radius 2 is 1.71 bits per heavy atom. The zero-order valence-corrected chi connectivity index (χ0v) is 12.9. The van der Waals surface area contributed by atoms with Crippen LogP contribution in [0.25, 0.3) is 0 Å². The number of halogens is 1. The highest BCUT2D eigenvalue weighted by Gasteiger charge is 2.24. The van der Waals surface area contributed by atoms with Gasteiger partial charge >= 0.3 is 0 Å². The van der Waals surface area contributed by atoms with Crippen LogP contribution in [-0.4, -0.2) is 0 Å². The van der Waals surface area contributed by atoms with Crippen molar-refractivity contribution in [3.8, 4) is 23.0 Å². The van der Waals surface area contributed by atoms with Gasteiger partial charge in [-0.05, 0) is 18.2 Å². The van der Waals surface area contributed by atoms with Gasteiger partial charge in [-0.3, -0.25) is 0 Å². The molecule has 24 heavy (non-hydrogen) atoms. The molecule has 0 aromatic heterocycles. The van der Waals surface area contributed by atoms with Gasteiger partial charge in [0.05, 0.1) is 6.07 Å². The first-order valence-electron chi connectivity index (χ1n) is 7.30. The van der Waals surface area contributed by atoms with Crippen LogP contribution in [0.1, 0.15) is 0 Å². The van der Waals surface area contributed by atoms with Gasteiger partial charge < -0.3 is 14.7 Å². The van der Waals surface area contributed by atoms with E-state index in [9.17, 15) is 5.21 Å². The second kappa shape index (κ2) is 4.72. The Kier molecular flexibility index (Phi) is 2.64. The predicted molar refractivity (Wildman–Crippen MR) is 89.2 cm³/mol. The number of benzene rings is 3. The van der Waals surface area contributed by atoms with Crippen molar-refractivity contribution in [1.82, 2.24) is 4.74 Å². The van der Waals surface area contributed by atoms with Crippen LogP contribution in [0.5, 0.6) is 23.0 Å². The molecule has 0 fully saturated rings. The van der Waals surface area contributed by atoms with Crippen LogP contribution in [0.2, 0.25) is 5.02 Å². The lowest BCUT2D eigenvalue weighted by molar-refractivity contribution is 0.443. The van der Waals surface area contributed by atoms with Crippen molar-refractivity contribution in [2.45, 2.75) is 0 Å². The summed E-state index contributed by atoms with van der Waals surface area (Å²) in [5.74, 6) is 2.02. The molecule has 2 aliphatic rings. The molecule has 116 valence electrons. The molecule has 0 radical (unpaired) electrons. The highest BCUT2D eigenvalue weighted by Crippen LogP contribution is 2.37. The zero-order valence-electron chi connectivity index (χ0n) is 12.2. The third-order valence-electron chi connectivity index (χ3n) is 3.95. The van der Waals surface area contributed by atoms with Crippen molar-refractivity contribution in [1.29, 1.82) is 0 Å². The summed E-state index contributed by atoms with van der Waals surface area (Å²) in [6.45, 7) is 0. The smallest absolute Gasteiger partial charge is 0.264 e. The standard InChI is InChI=1S/C18H9ClN2O3/c19-10-5-6-11-16(7-10)24-17-9-14-18(8-12(17)20-11)23-15-4-2-1-3-13(15)21(14)22/h1-9H. The fourth-order valence-electron chi connectivity index (χ4n) is 2.82. The number of hydrogen-bond donors (Lipinski definition) is 0. The van der Waals surface area contributed by atoms with Crippen LogP contribution in [-0.2, 0) is 0 Å². The van der Waals surface area contributed by atoms with Gasteiger partial charge in [-0.25, -0.2) is 4.99 Å². The Bertz CT molecular complexity index is 1140. The third kappa shape index (κ3) is 1.88. The maximum absolute atomic E-state index is 12.6. The van der Waals surface area contributed by atoms with Crippen LogP contribution in [0.15, 0.2) is 59.6 Å². The van der Waals surface area contributed by atoms with Gasteiger partial charge in [0, 0.05) is 23.2 Å². The molecular weight excluding hydrogens is 328 g/mol. The Labute approximate surface area is 141 Å². The van der Waals surface area contributed by atoms with Crippen molar-refractivity contribution in [3.05, 3.63) is 75.5 Å². The molecule has 6 heteroatoms. The quantitative estimate of drug-likeness (QED) is 0.362. The number of fused-ring (bicyclic) bond motifs is 4. The van der Waals surface area contributed by atoms with Crippen LogP contribution in [0.4, 0.5) is 11.4 Å². The minimum atomic E-state index is 0.383. The molecule has 2 aliphatic heterocycles. The molecular formula is C18H9ClN2O3. The first-order chi connectivity index (χ1) is 11.7. The maximum Gasteiger partial charge on any atom is 0.264 e. The fourth-order valence-corrected chi connectivity index (χ4v) is 2.98. The van der Waals surface area contributed by atoms with Gasteiger partial charge in [-0.1, -0.05) is 23.7 Å². The molecule has 0 bridgehead atoms. The number of ether oxygens (including phenoxy) is 2. The van der Waals surface area contributed by atoms with Gasteiger partial charge in [0.15, 0.2) is 17.2 Å². The molecule has 0 amide bonds. The Morgan fingerprint density at radius 3 is 2.62 bits per heavy atom. The second-order valence-electron chi connectivity index (χ2n) is 5.48. The van der Waals surface area contributed by atoms with Crippen LogP contribution >= 0.6 is 11.6 Å². The highest BCUT2D eigenvalue weighted by molar-refractivity contribution is 6.30. The maximum atomic E-state index is 12.6. The molecule has 2 heterocycles. The number of hydrogen-bond acceptors (Lipinski definition) is 4. The molecule has 5 nitrogen and oxygen atoms in total. The molecule has 0 aliphatic carbocycles. The van der Waals surface area contributed by atoms with Crippen molar-refractivity contribution in [2.75, 3.05) is 0 Å². The Hall–Kier alpha value is -3.05. The van der Waals surface area contributed by atoms with Gasteiger partial charge in [0.2, 0.25) is 5.75 Å². The first-order valence-corrected chi connectivity index (χ1v) is 7.68. The molecule has 3 aromatic rings. The summed E-state index contributed by atoms with van der Waals surface area (Å²) >= 11 is 6.00. The van der Waals surface area contributed by atoms with Crippen LogP contribution in [0.3, 0.4) is 0 Å². The van der Waals surface area contributed by atoms with E-state index in [0.29, 0.717) is 50.1 Å². The van der Waals surface area contributed by atoms with E-state index in [1.807, 2.05) is 6.07 Å². The van der Waals surface area contributed by atoms with E-state index >= 15 is 0 Å². The Morgan fingerprint density at radius 1 is 0.875 bits per heavy atom. The van der Waals surface area contributed by atoms with Crippen molar-refractivity contribution < 1.29 is 9.47 Å². The lowest BCUT2D eigenvalue weighted by Gasteiger charge is -2.18. The van der Waals surface area contributed by atoms with Gasteiger partial charge in [0.1, 0.15) is 11.0 Å². The third-order valence-corrected chi connectivity index (χ3v) is 4.18. The zero-order chi connectivity index (χ0) is 16.3. The largest absolute Gasteiger partial charge is 0.618 e. The molecule has 0 saturated heterocycles. The van der Waals surface area contributed by atoms with E-state index in [2.05, 4.69) is 4.99 Å². The van der Waals surface area contributed by atoms with E-state index in [1.54, 1.807) is 48.5 Å². The Balaban J connectivity index is 1.78. The highest BCUT2D eigenvalue weighted by atomic mass is 35.5. The van der Waals surface area contributed by atoms with Crippen LogP contribution in [0, 0.1) is 5.21 Å². The van der Waals surface area contributed by atoms with Crippen molar-refractivity contribution in [2.24, 2.45) is 4.99 Å². The van der Waals surface area contributed by atoms with E-state index < -0.39 is 0 Å². The summed E-state index contributed by atoms with van der Waals surface area (Å²) in [6, 6.07) is 15.7. The van der Waals surface area contributed by atoms with E-state index in [-0.39, 0.29) is 0 Å². The number of rotatable bonds is 0. The molecule has 0 N–H and O–H groups in total. The predicted octanol–water partition coefficient (Wildman–Crippen LogP) is 3.82. The monoisotopic (exact) mass is 336 g/mol. The lowest BCUT2D eigenvalue weighted by Crippen LogP contribution is -2.28. The second-order valence-corrected chi connectivity index (χ2v) is 5.91. The van der Waals surface area contributed by atoms with E-state index in [4.69, 9.17) is 21.1 Å². The van der Waals surface area contributed by atoms with Gasteiger partial charge in [-0.2, -0.15) is 4.74 Å². The molecule has 0 saturated carbocycles. The van der Waals surface area contributed by atoms with E-state index in [0.717, 1.165) is 4.74 Å². The lowest BCUT2D eigenvalue weighted by atomic mass is 10.2. The summed E-state index contributed by atoms with van der Waals surface area (Å²) in [5.41, 5.74) is 1.14. The average molecular weight is 337 g/mol. The minimum absolute atomic E-state index is 0.383. The minimum Gasteiger partial charge on any atom is -0.618 e. The fraction of sp³-hybridized carbons (Fsp3) is 0. The van der Waals surface area contributed by atoms with Crippen LogP contribution < -0.4 is 24.9 Å². The van der Waals surface area contributed by atoms with Crippen molar-refractivity contribution in [3.63, 3.8) is 0 Å². The molecule has 5 rings (SSSR count). The molecule has 0 spiro atoms. The number of nitrogens with zero attached hydrogens (tertiary/aromatic N) is 2. The molecule has 0 atom stereocenters. The summed E-state index contributed by atoms with van der Waals surface area (Å²) in [6.07, 6.45) is 0. The first kappa shape index (κ1) is 13.4. The van der Waals surface area contributed by atoms with E-state index in [1.165, 1.54) is 0 Å². The summed E-state index contributed by atoms with van der Waals surface area (Å²) in [5, 5.41) is 14.2. The van der Waals surface area contributed by atoms with Crippen molar-refractivity contribution >= 4 is 23.0 Å². The summed E-state index contributed by atoms with van der Waals surface area (Å²) in [4.78, 5) is 4.55.